The molecule has 1 saturated carbocycles. The fraction of sp³-hybridized carbons (Fsp3) is 0.591. The van der Waals surface area contributed by atoms with Gasteiger partial charge < -0.3 is 9.64 Å². The molecule has 1 heterocycles. The summed E-state index contributed by atoms with van der Waals surface area (Å²) in [6, 6.07) is 7.89. The van der Waals surface area contributed by atoms with E-state index in [4.69, 9.17) is 4.74 Å². The standard InChI is InChI=1S/C22H30N2O4/c1-3-23(4-2)19-12-8-5-9-16(19)15-28-20(25)13-14-24-21(26)17-10-6-7-11-18(17)22(24)27/h5,8-9,12,17-18H,3-4,6-7,10-11,13-15H2,1-2H3. The Bertz CT molecular complexity index is 705. The van der Waals surface area contributed by atoms with E-state index in [1.54, 1.807) is 0 Å². The summed E-state index contributed by atoms with van der Waals surface area (Å²) in [5, 5.41) is 0. The lowest BCUT2D eigenvalue weighted by molar-refractivity contribution is -0.146. The molecule has 0 aromatic heterocycles. The predicted molar refractivity (Wildman–Crippen MR) is 107 cm³/mol. The molecule has 6 nitrogen and oxygen atoms in total. The zero-order valence-corrected chi connectivity index (χ0v) is 16.9. The van der Waals surface area contributed by atoms with E-state index in [0.29, 0.717) is 0 Å². The van der Waals surface area contributed by atoms with Crippen molar-refractivity contribution in [3.05, 3.63) is 29.8 Å². The molecule has 2 amide bonds. The van der Waals surface area contributed by atoms with Crippen molar-refractivity contribution in [2.75, 3.05) is 24.5 Å². The topological polar surface area (TPSA) is 66.9 Å². The first-order chi connectivity index (χ1) is 13.6. The lowest BCUT2D eigenvalue weighted by Crippen LogP contribution is -2.33. The van der Waals surface area contributed by atoms with Gasteiger partial charge in [0.2, 0.25) is 11.8 Å². The van der Waals surface area contributed by atoms with Crippen LogP contribution in [0, 0.1) is 11.8 Å². The van der Waals surface area contributed by atoms with Gasteiger partial charge in [0.05, 0.1) is 18.3 Å². The summed E-state index contributed by atoms with van der Waals surface area (Å²) in [4.78, 5) is 40.7. The Hall–Kier alpha value is -2.37. The van der Waals surface area contributed by atoms with Crippen molar-refractivity contribution < 1.29 is 19.1 Å². The van der Waals surface area contributed by atoms with E-state index < -0.39 is 0 Å². The zero-order valence-electron chi connectivity index (χ0n) is 16.9. The minimum atomic E-state index is -0.384. The molecular weight excluding hydrogens is 356 g/mol. The number of amides is 2. The van der Waals surface area contributed by atoms with Crippen LogP contribution >= 0.6 is 0 Å². The molecule has 1 aromatic rings. The van der Waals surface area contributed by atoms with Crippen molar-refractivity contribution in [1.82, 2.24) is 4.90 Å². The van der Waals surface area contributed by atoms with Crippen LogP contribution in [0.2, 0.25) is 0 Å². The second kappa shape index (κ2) is 9.22. The van der Waals surface area contributed by atoms with Crippen LogP contribution in [0.3, 0.4) is 0 Å². The zero-order chi connectivity index (χ0) is 20.1. The average Bonchev–Trinajstić information content (AvgIpc) is 2.97. The van der Waals surface area contributed by atoms with E-state index in [1.807, 2.05) is 24.3 Å². The lowest BCUT2D eigenvalue weighted by atomic mass is 9.81. The van der Waals surface area contributed by atoms with Gasteiger partial charge >= 0.3 is 5.97 Å². The Labute approximate surface area is 166 Å². The van der Waals surface area contributed by atoms with Crippen LogP contribution in [-0.2, 0) is 25.7 Å². The van der Waals surface area contributed by atoms with Gasteiger partial charge in [-0.05, 0) is 32.8 Å². The molecule has 2 atom stereocenters. The maximum absolute atomic E-state index is 12.5. The maximum atomic E-state index is 12.5. The van der Waals surface area contributed by atoms with Gasteiger partial charge in [-0.2, -0.15) is 0 Å². The molecule has 1 aromatic carbocycles. The van der Waals surface area contributed by atoms with Gasteiger partial charge in [0, 0.05) is 30.9 Å². The molecule has 1 saturated heterocycles. The van der Waals surface area contributed by atoms with Crippen LogP contribution in [-0.4, -0.2) is 42.3 Å². The molecule has 2 unspecified atom stereocenters. The van der Waals surface area contributed by atoms with Crippen molar-refractivity contribution in [1.29, 1.82) is 0 Å². The normalized spacial score (nSPS) is 21.6. The average molecular weight is 386 g/mol. The molecule has 1 aliphatic heterocycles. The Balaban J connectivity index is 1.53. The van der Waals surface area contributed by atoms with Gasteiger partial charge in [-0.25, -0.2) is 0 Å². The Morgan fingerprint density at radius 3 is 2.29 bits per heavy atom. The van der Waals surface area contributed by atoms with Gasteiger partial charge in [0.1, 0.15) is 6.61 Å². The Kier molecular flexibility index (Phi) is 6.70. The lowest BCUT2D eigenvalue weighted by Gasteiger charge is -2.24. The van der Waals surface area contributed by atoms with Crippen molar-refractivity contribution in [2.24, 2.45) is 11.8 Å². The number of imide groups is 1. The number of nitrogens with zero attached hydrogens (tertiary/aromatic N) is 2. The third-order valence-electron chi connectivity index (χ3n) is 5.96. The second-order valence-corrected chi connectivity index (χ2v) is 7.54. The van der Waals surface area contributed by atoms with E-state index in [0.717, 1.165) is 50.0 Å². The highest BCUT2D eigenvalue weighted by Crippen LogP contribution is 2.38. The van der Waals surface area contributed by atoms with E-state index in [1.165, 1.54) is 4.90 Å². The maximum Gasteiger partial charge on any atom is 0.307 e. The third kappa shape index (κ3) is 4.21. The van der Waals surface area contributed by atoms with Crippen molar-refractivity contribution in [3.63, 3.8) is 0 Å². The molecule has 6 heteroatoms. The van der Waals surface area contributed by atoms with Gasteiger partial charge in [-0.3, -0.25) is 19.3 Å². The number of esters is 1. The first-order valence-electron chi connectivity index (χ1n) is 10.4. The number of rotatable bonds is 8. The number of para-hydroxylation sites is 1. The molecule has 28 heavy (non-hydrogen) atoms. The Morgan fingerprint density at radius 2 is 1.68 bits per heavy atom. The van der Waals surface area contributed by atoms with Gasteiger partial charge in [-0.1, -0.05) is 31.0 Å². The fourth-order valence-corrected chi connectivity index (χ4v) is 4.39. The van der Waals surface area contributed by atoms with E-state index >= 15 is 0 Å². The first-order valence-corrected chi connectivity index (χ1v) is 10.4. The highest BCUT2D eigenvalue weighted by atomic mass is 16.5. The summed E-state index contributed by atoms with van der Waals surface area (Å²) in [5.41, 5.74) is 2.02. The molecule has 2 fully saturated rings. The van der Waals surface area contributed by atoms with E-state index in [-0.39, 0.29) is 49.2 Å². The number of hydrogen-bond donors (Lipinski definition) is 0. The van der Waals surface area contributed by atoms with Crippen LogP contribution in [0.15, 0.2) is 24.3 Å². The monoisotopic (exact) mass is 386 g/mol. The summed E-state index contributed by atoms with van der Waals surface area (Å²) in [6.07, 6.45) is 3.63. The molecule has 2 aliphatic rings. The number of benzene rings is 1. The van der Waals surface area contributed by atoms with Crippen LogP contribution in [0.1, 0.15) is 51.5 Å². The highest BCUT2D eigenvalue weighted by molar-refractivity contribution is 6.05. The number of fused-ring (bicyclic) bond motifs is 1. The minimum Gasteiger partial charge on any atom is -0.461 e. The summed E-state index contributed by atoms with van der Waals surface area (Å²) in [6.45, 7) is 6.26. The Morgan fingerprint density at radius 1 is 1.07 bits per heavy atom. The van der Waals surface area contributed by atoms with Crippen molar-refractivity contribution in [2.45, 2.75) is 52.6 Å². The summed E-state index contributed by atoms with van der Waals surface area (Å²) >= 11 is 0. The quantitative estimate of drug-likeness (QED) is 0.507. The molecule has 0 N–H and O–H groups in total. The number of carbonyl (C=O) groups excluding carboxylic acids is 3. The van der Waals surface area contributed by atoms with E-state index in [2.05, 4.69) is 18.7 Å². The van der Waals surface area contributed by atoms with Crippen molar-refractivity contribution >= 4 is 23.5 Å². The third-order valence-corrected chi connectivity index (χ3v) is 5.96. The van der Waals surface area contributed by atoms with Crippen LogP contribution in [0.25, 0.3) is 0 Å². The van der Waals surface area contributed by atoms with Crippen LogP contribution in [0.4, 0.5) is 5.69 Å². The molecule has 0 bridgehead atoms. The summed E-state index contributed by atoms with van der Waals surface area (Å²) in [5.74, 6) is -0.926. The molecule has 1 aliphatic carbocycles. The molecular formula is C22H30N2O4. The van der Waals surface area contributed by atoms with E-state index in [9.17, 15) is 14.4 Å². The van der Waals surface area contributed by atoms with Gasteiger partial charge in [0.25, 0.3) is 0 Å². The smallest absolute Gasteiger partial charge is 0.307 e. The summed E-state index contributed by atoms with van der Waals surface area (Å²) in [7, 11) is 0. The van der Waals surface area contributed by atoms with Crippen LogP contribution < -0.4 is 4.90 Å². The van der Waals surface area contributed by atoms with Crippen molar-refractivity contribution in [3.8, 4) is 0 Å². The number of carbonyl (C=O) groups is 3. The number of likely N-dealkylation sites (tertiary alicyclic amines) is 1. The highest BCUT2D eigenvalue weighted by Gasteiger charge is 2.47. The number of anilines is 1. The second-order valence-electron chi connectivity index (χ2n) is 7.54. The SMILES string of the molecule is CCN(CC)c1ccccc1COC(=O)CCN1C(=O)C2CCCCC2C1=O. The number of ether oxygens (including phenoxy) is 1. The summed E-state index contributed by atoms with van der Waals surface area (Å²) < 4.78 is 5.44. The van der Waals surface area contributed by atoms with Gasteiger partial charge in [-0.15, -0.1) is 0 Å². The molecule has 3 rings (SSSR count). The fourth-order valence-electron chi connectivity index (χ4n) is 4.39. The molecule has 152 valence electrons. The number of hydrogen-bond acceptors (Lipinski definition) is 5. The molecule has 0 spiro atoms. The largest absolute Gasteiger partial charge is 0.461 e. The minimum absolute atomic E-state index is 0.0460. The predicted octanol–water partition coefficient (Wildman–Crippen LogP) is 3.14. The molecule has 0 radical (unpaired) electrons. The van der Waals surface area contributed by atoms with Crippen LogP contribution in [0.5, 0.6) is 0 Å². The van der Waals surface area contributed by atoms with Gasteiger partial charge in [0.15, 0.2) is 0 Å². The first kappa shape index (κ1) is 20.4.